The normalized spacial score (nSPS) is 9.42. The predicted molar refractivity (Wildman–Crippen MR) is 44.7 cm³/mol. The van der Waals surface area contributed by atoms with Crippen molar-refractivity contribution in [2.75, 3.05) is 7.05 Å². The zero-order valence-corrected chi connectivity index (χ0v) is 7.14. The Morgan fingerprint density at radius 1 is 1.42 bits per heavy atom. The Morgan fingerprint density at radius 3 is 2.42 bits per heavy atom. The molecular formula is C7H7NO3S. The molecule has 0 bridgehead atoms. The van der Waals surface area contributed by atoms with Gasteiger partial charge >= 0.3 is 5.97 Å². The molecule has 1 aromatic heterocycles. The molecule has 12 heavy (non-hydrogen) atoms. The highest BCUT2D eigenvalue weighted by atomic mass is 32.1. The Bertz CT molecular complexity index is 318. The molecule has 1 aromatic rings. The third-order valence-electron chi connectivity index (χ3n) is 1.27. The summed E-state index contributed by atoms with van der Waals surface area (Å²) >= 11 is 0.962. The molecule has 1 amide bonds. The van der Waals surface area contributed by atoms with Gasteiger partial charge in [-0.3, -0.25) is 4.79 Å². The quantitative estimate of drug-likeness (QED) is 0.716. The van der Waals surface area contributed by atoms with Crippen LogP contribution in [-0.2, 0) is 0 Å². The van der Waals surface area contributed by atoms with Crippen molar-refractivity contribution in [2.45, 2.75) is 0 Å². The molecule has 0 aliphatic carbocycles. The number of rotatable bonds is 2. The summed E-state index contributed by atoms with van der Waals surface area (Å²) in [6.07, 6.45) is 0. The maximum Gasteiger partial charge on any atom is 0.345 e. The van der Waals surface area contributed by atoms with Gasteiger partial charge in [0.05, 0.1) is 4.88 Å². The summed E-state index contributed by atoms with van der Waals surface area (Å²) in [5.74, 6) is -1.26. The van der Waals surface area contributed by atoms with Crippen molar-refractivity contribution in [3.05, 3.63) is 21.9 Å². The zero-order valence-electron chi connectivity index (χ0n) is 6.33. The lowest BCUT2D eigenvalue weighted by Crippen LogP contribution is -2.15. The second kappa shape index (κ2) is 3.36. The van der Waals surface area contributed by atoms with Crippen LogP contribution in [0.2, 0.25) is 0 Å². The Morgan fingerprint density at radius 2 is 2.00 bits per heavy atom. The average molecular weight is 185 g/mol. The van der Waals surface area contributed by atoms with Crippen molar-refractivity contribution >= 4 is 23.2 Å². The maximum atomic E-state index is 11.0. The number of aromatic carboxylic acids is 1. The molecule has 5 heteroatoms. The first kappa shape index (κ1) is 8.73. The number of hydrogen-bond acceptors (Lipinski definition) is 3. The lowest BCUT2D eigenvalue weighted by Gasteiger charge is -1.91. The monoisotopic (exact) mass is 185 g/mol. The van der Waals surface area contributed by atoms with E-state index in [1.54, 1.807) is 0 Å². The van der Waals surface area contributed by atoms with E-state index in [0.717, 1.165) is 11.3 Å². The van der Waals surface area contributed by atoms with Gasteiger partial charge in [0.15, 0.2) is 0 Å². The van der Waals surface area contributed by atoms with Gasteiger partial charge in [-0.1, -0.05) is 0 Å². The Hall–Kier alpha value is -1.36. The molecule has 0 aromatic carbocycles. The van der Waals surface area contributed by atoms with Crippen molar-refractivity contribution in [1.29, 1.82) is 0 Å². The highest BCUT2D eigenvalue weighted by molar-refractivity contribution is 7.15. The largest absolute Gasteiger partial charge is 0.477 e. The molecule has 0 fully saturated rings. The van der Waals surface area contributed by atoms with Crippen molar-refractivity contribution in [2.24, 2.45) is 0 Å². The Labute approximate surface area is 72.8 Å². The molecular weight excluding hydrogens is 178 g/mol. The van der Waals surface area contributed by atoms with Gasteiger partial charge in [0.1, 0.15) is 4.88 Å². The summed E-state index contributed by atoms with van der Waals surface area (Å²) in [7, 11) is 1.50. The van der Waals surface area contributed by atoms with Gasteiger partial charge < -0.3 is 10.4 Å². The van der Waals surface area contributed by atoms with Crippen LogP contribution in [0.1, 0.15) is 19.3 Å². The minimum Gasteiger partial charge on any atom is -0.477 e. The van der Waals surface area contributed by atoms with Crippen LogP contribution in [0.5, 0.6) is 0 Å². The predicted octanol–water partition coefficient (Wildman–Crippen LogP) is 0.806. The van der Waals surface area contributed by atoms with Crippen LogP contribution in [0.25, 0.3) is 0 Å². The number of amides is 1. The molecule has 0 spiro atoms. The molecule has 4 nitrogen and oxygen atoms in total. The topological polar surface area (TPSA) is 66.4 Å². The average Bonchev–Trinajstić information content (AvgIpc) is 2.51. The van der Waals surface area contributed by atoms with Crippen LogP contribution in [0.4, 0.5) is 0 Å². The lowest BCUT2D eigenvalue weighted by molar-refractivity contribution is 0.0702. The molecule has 0 aliphatic rings. The molecule has 1 heterocycles. The molecule has 0 saturated heterocycles. The number of carboxylic acids is 1. The molecule has 64 valence electrons. The summed E-state index contributed by atoms with van der Waals surface area (Å²) < 4.78 is 0. The number of carbonyl (C=O) groups is 2. The number of hydrogen-bond donors (Lipinski definition) is 2. The Kier molecular flexibility index (Phi) is 2.44. The van der Waals surface area contributed by atoms with Gasteiger partial charge in [0.2, 0.25) is 0 Å². The van der Waals surface area contributed by atoms with E-state index < -0.39 is 5.97 Å². The molecule has 0 radical (unpaired) electrons. The zero-order chi connectivity index (χ0) is 9.14. The summed E-state index contributed by atoms with van der Waals surface area (Å²) in [5.41, 5.74) is 0. The summed E-state index contributed by atoms with van der Waals surface area (Å²) in [4.78, 5) is 21.9. The van der Waals surface area contributed by atoms with E-state index in [9.17, 15) is 9.59 Å². The first-order valence-electron chi connectivity index (χ1n) is 3.20. The highest BCUT2D eigenvalue weighted by Gasteiger charge is 2.10. The minimum atomic E-state index is -1.00. The first-order chi connectivity index (χ1) is 5.65. The number of nitrogens with one attached hydrogen (secondary N) is 1. The van der Waals surface area contributed by atoms with E-state index in [0.29, 0.717) is 4.88 Å². The number of carbonyl (C=O) groups excluding carboxylic acids is 1. The molecule has 2 N–H and O–H groups in total. The van der Waals surface area contributed by atoms with Gasteiger partial charge in [0, 0.05) is 7.05 Å². The standard InChI is InChI=1S/C7H7NO3S/c1-8-6(9)4-2-3-5(12-4)7(10)11/h2-3H,1H3,(H,8,9)(H,10,11). The first-order valence-corrected chi connectivity index (χ1v) is 4.02. The summed E-state index contributed by atoms with van der Waals surface area (Å²) in [6, 6.07) is 2.91. The van der Waals surface area contributed by atoms with E-state index in [4.69, 9.17) is 5.11 Å². The summed E-state index contributed by atoms with van der Waals surface area (Å²) in [5, 5.41) is 10.9. The second-order valence-electron chi connectivity index (χ2n) is 2.05. The third kappa shape index (κ3) is 1.62. The second-order valence-corrected chi connectivity index (χ2v) is 3.13. The SMILES string of the molecule is CNC(=O)c1ccc(C(=O)O)s1. The van der Waals surface area contributed by atoms with Crippen LogP contribution in [0.15, 0.2) is 12.1 Å². The van der Waals surface area contributed by atoms with Crippen molar-refractivity contribution in [3.63, 3.8) is 0 Å². The van der Waals surface area contributed by atoms with E-state index >= 15 is 0 Å². The smallest absolute Gasteiger partial charge is 0.345 e. The fraction of sp³-hybridized carbons (Fsp3) is 0.143. The molecule has 0 atom stereocenters. The van der Waals surface area contributed by atoms with Crippen LogP contribution in [0, 0.1) is 0 Å². The number of carboxylic acid groups (broad SMARTS) is 1. The van der Waals surface area contributed by atoms with Crippen molar-refractivity contribution in [1.82, 2.24) is 5.32 Å². The van der Waals surface area contributed by atoms with E-state index in [-0.39, 0.29) is 10.8 Å². The van der Waals surface area contributed by atoms with E-state index in [1.165, 1.54) is 19.2 Å². The number of thiophene rings is 1. The van der Waals surface area contributed by atoms with Gasteiger partial charge in [-0.15, -0.1) is 11.3 Å². The fourth-order valence-electron chi connectivity index (χ4n) is 0.698. The van der Waals surface area contributed by atoms with Crippen molar-refractivity contribution in [3.8, 4) is 0 Å². The lowest BCUT2D eigenvalue weighted by atomic mass is 10.4. The van der Waals surface area contributed by atoms with E-state index in [1.807, 2.05) is 0 Å². The molecule has 1 rings (SSSR count). The maximum absolute atomic E-state index is 11.0. The highest BCUT2D eigenvalue weighted by Crippen LogP contribution is 2.15. The van der Waals surface area contributed by atoms with Gasteiger partial charge in [0.25, 0.3) is 5.91 Å². The summed E-state index contributed by atoms with van der Waals surface area (Å²) in [6.45, 7) is 0. The van der Waals surface area contributed by atoms with Gasteiger partial charge in [-0.25, -0.2) is 4.79 Å². The molecule has 0 saturated carbocycles. The minimum absolute atomic E-state index is 0.175. The third-order valence-corrected chi connectivity index (χ3v) is 2.34. The van der Waals surface area contributed by atoms with Crippen LogP contribution in [-0.4, -0.2) is 24.0 Å². The molecule has 0 unspecified atom stereocenters. The van der Waals surface area contributed by atoms with Crippen molar-refractivity contribution < 1.29 is 14.7 Å². The van der Waals surface area contributed by atoms with Crippen LogP contribution in [0.3, 0.4) is 0 Å². The van der Waals surface area contributed by atoms with Crippen LogP contribution >= 0.6 is 11.3 Å². The molecule has 0 aliphatic heterocycles. The van der Waals surface area contributed by atoms with Gasteiger partial charge in [-0.2, -0.15) is 0 Å². The Balaban J connectivity index is 2.91. The van der Waals surface area contributed by atoms with Crippen LogP contribution < -0.4 is 5.32 Å². The van der Waals surface area contributed by atoms with Gasteiger partial charge in [-0.05, 0) is 12.1 Å². The van der Waals surface area contributed by atoms with E-state index in [2.05, 4.69) is 5.32 Å². The fourth-order valence-corrected chi connectivity index (χ4v) is 1.49.